The molecule has 5 heteroatoms. The van der Waals surface area contributed by atoms with Crippen molar-refractivity contribution in [1.29, 1.82) is 0 Å². The molecule has 0 aromatic heterocycles. The van der Waals surface area contributed by atoms with Crippen LogP contribution in [0.15, 0.2) is 48.5 Å². The molecular formula is C20H27N3O2. The number of likely N-dealkylation sites (N-methyl/N-ethyl adjacent to an activating group) is 1. The van der Waals surface area contributed by atoms with Gasteiger partial charge in [-0.25, -0.2) is 0 Å². The van der Waals surface area contributed by atoms with Crippen molar-refractivity contribution in [3.63, 3.8) is 0 Å². The molecule has 0 fully saturated rings. The van der Waals surface area contributed by atoms with Gasteiger partial charge >= 0.3 is 0 Å². The molecule has 0 aliphatic carbocycles. The van der Waals surface area contributed by atoms with E-state index < -0.39 is 0 Å². The number of ether oxygens (including phenoxy) is 1. The third-order valence-corrected chi connectivity index (χ3v) is 3.89. The second kappa shape index (κ2) is 9.20. The number of methoxy groups -OCH3 is 1. The molecule has 0 unspecified atom stereocenters. The first-order valence-electron chi connectivity index (χ1n) is 8.36. The van der Waals surface area contributed by atoms with Crippen LogP contribution in [0.4, 0.5) is 5.69 Å². The van der Waals surface area contributed by atoms with Gasteiger partial charge in [0, 0.05) is 31.7 Å². The van der Waals surface area contributed by atoms with E-state index in [1.807, 2.05) is 36.4 Å². The highest BCUT2D eigenvalue weighted by molar-refractivity contribution is 5.88. The largest absolute Gasteiger partial charge is 0.497 e. The first-order valence-corrected chi connectivity index (χ1v) is 8.36. The number of rotatable bonds is 8. The van der Waals surface area contributed by atoms with Crippen LogP contribution in [0.25, 0.3) is 0 Å². The van der Waals surface area contributed by atoms with Gasteiger partial charge in [0.1, 0.15) is 5.75 Å². The van der Waals surface area contributed by atoms with Gasteiger partial charge in [-0.3, -0.25) is 4.79 Å². The molecule has 134 valence electrons. The molecule has 0 heterocycles. The summed E-state index contributed by atoms with van der Waals surface area (Å²) >= 11 is 0. The highest BCUT2D eigenvalue weighted by atomic mass is 16.5. The van der Waals surface area contributed by atoms with Crippen molar-refractivity contribution < 1.29 is 9.53 Å². The molecule has 2 aromatic carbocycles. The smallest absolute Gasteiger partial charge is 0.221 e. The number of carbonyl (C=O) groups is 1. The normalized spacial score (nSPS) is 12.0. The zero-order chi connectivity index (χ0) is 18.2. The molecule has 0 spiro atoms. The Hall–Kier alpha value is -2.37. The van der Waals surface area contributed by atoms with Crippen LogP contribution in [-0.4, -0.2) is 38.6 Å². The topological polar surface area (TPSA) is 53.6 Å². The summed E-state index contributed by atoms with van der Waals surface area (Å²) in [6.45, 7) is 3.16. The monoisotopic (exact) mass is 341 g/mol. The molecule has 0 saturated heterocycles. The fourth-order valence-electron chi connectivity index (χ4n) is 2.64. The van der Waals surface area contributed by atoms with E-state index in [0.717, 1.165) is 24.5 Å². The average molecular weight is 341 g/mol. The summed E-state index contributed by atoms with van der Waals surface area (Å²) in [5.41, 5.74) is 3.21. The van der Waals surface area contributed by atoms with E-state index in [0.29, 0.717) is 0 Å². The summed E-state index contributed by atoms with van der Waals surface area (Å²) in [4.78, 5) is 13.2. The molecule has 25 heavy (non-hydrogen) atoms. The lowest BCUT2D eigenvalue weighted by atomic mass is 10.1. The highest BCUT2D eigenvalue weighted by Gasteiger charge is 2.12. The molecule has 0 saturated carbocycles. The predicted octanol–water partition coefficient (Wildman–Crippen LogP) is 3.05. The van der Waals surface area contributed by atoms with Crippen molar-refractivity contribution in [1.82, 2.24) is 10.2 Å². The van der Waals surface area contributed by atoms with E-state index in [9.17, 15) is 4.79 Å². The molecule has 5 nitrogen and oxygen atoms in total. The van der Waals surface area contributed by atoms with Crippen molar-refractivity contribution in [2.24, 2.45) is 0 Å². The van der Waals surface area contributed by atoms with Gasteiger partial charge in [-0.15, -0.1) is 0 Å². The van der Waals surface area contributed by atoms with Crippen LogP contribution in [0.3, 0.4) is 0 Å². The number of benzene rings is 2. The standard InChI is InChI=1S/C20H27N3O2/c1-15(24)22-18-9-5-16(6-10-18)13-21-20(14-23(2)3)17-7-11-19(25-4)12-8-17/h5-12,20-21H,13-14H2,1-4H3,(H,22,24)/t20-/m0/s1. The Morgan fingerprint density at radius 2 is 1.72 bits per heavy atom. The lowest BCUT2D eigenvalue weighted by Crippen LogP contribution is -2.30. The predicted molar refractivity (Wildman–Crippen MR) is 102 cm³/mol. The van der Waals surface area contributed by atoms with Crippen LogP contribution in [0, 0.1) is 0 Å². The number of nitrogens with one attached hydrogen (secondary N) is 2. The van der Waals surface area contributed by atoms with E-state index in [1.165, 1.54) is 18.1 Å². The third kappa shape index (κ3) is 6.21. The van der Waals surface area contributed by atoms with Gasteiger partial charge < -0.3 is 20.3 Å². The summed E-state index contributed by atoms with van der Waals surface area (Å²) in [6, 6.07) is 16.3. The maximum atomic E-state index is 11.1. The molecule has 1 amide bonds. The van der Waals surface area contributed by atoms with Gasteiger partial charge in [0.05, 0.1) is 7.11 Å². The number of carbonyl (C=O) groups excluding carboxylic acids is 1. The van der Waals surface area contributed by atoms with E-state index in [2.05, 4.69) is 41.8 Å². The number of anilines is 1. The minimum atomic E-state index is -0.0589. The van der Waals surface area contributed by atoms with Crippen LogP contribution < -0.4 is 15.4 Å². The number of hydrogen-bond donors (Lipinski definition) is 2. The Kier molecular flexibility index (Phi) is 6.98. The lowest BCUT2D eigenvalue weighted by Gasteiger charge is -2.23. The minimum absolute atomic E-state index is 0.0589. The quantitative estimate of drug-likeness (QED) is 0.775. The van der Waals surface area contributed by atoms with Gasteiger partial charge in [-0.05, 0) is 49.5 Å². The Bertz CT molecular complexity index is 666. The van der Waals surface area contributed by atoms with E-state index in [1.54, 1.807) is 7.11 Å². The summed E-state index contributed by atoms with van der Waals surface area (Å²) in [7, 11) is 5.82. The van der Waals surface area contributed by atoms with Crippen LogP contribution >= 0.6 is 0 Å². The molecule has 0 bridgehead atoms. The second-order valence-corrected chi connectivity index (χ2v) is 6.35. The fourth-order valence-corrected chi connectivity index (χ4v) is 2.64. The number of hydrogen-bond acceptors (Lipinski definition) is 4. The molecule has 1 atom stereocenters. The first-order chi connectivity index (χ1) is 12.0. The molecule has 2 rings (SSSR count). The van der Waals surface area contributed by atoms with Crippen LogP contribution in [0.1, 0.15) is 24.1 Å². The highest BCUT2D eigenvalue weighted by Crippen LogP contribution is 2.19. The zero-order valence-corrected chi connectivity index (χ0v) is 15.4. The maximum Gasteiger partial charge on any atom is 0.221 e. The van der Waals surface area contributed by atoms with Crippen molar-refractivity contribution >= 4 is 11.6 Å². The van der Waals surface area contributed by atoms with E-state index in [4.69, 9.17) is 4.74 Å². The average Bonchev–Trinajstić information content (AvgIpc) is 2.59. The Morgan fingerprint density at radius 1 is 1.08 bits per heavy atom. The maximum absolute atomic E-state index is 11.1. The number of amides is 1. The lowest BCUT2D eigenvalue weighted by molar-refractivity contribution is -0.114. The van der Waals surface area contributed by atoms with Gasteiger partial charge in [-0.1, -0.05) is 24.3 Å². The van der Waals surface area contributed by atoms with E-state index in [-0.39, 0.29) is 11.9 Å². The minimum Gasteiger partial charge on any atom is -0.497 e. The van der Waals surface area contributed by atoms with Crippen molar-refractivity contribution in [3.8, 4) is 5.75 Å². The summed E-state index contributed by atoms with van der Waals surface area (Å²) in [5, 5.41) is 6.39. The Labute approximate surface area is 150 Å². The zero-order valence-electron chi connectivity index (χ0n) is 15.4. The summed E-state index contributed by atoms with van der Waals surface area (Å²) < 4.78 is 5.24. The molecule has 2 N–H and O–H groups in total. The molecule has 2 aromatic rings. The van der Waals surface area contributed by atoms with Gasteiger partial charge in [-0.2, -0.15) is 0 Å². The second-order valence-electron chi connectivity index (χ2n) is 6.35. The van der Waals surface area contributed by atoms with Gasteiger partial charge in [0.2, 0.25) is 5.91 Å². The fraction of sp³-hybridized carbons (Fsp3) is 0.350. The van der Waals surface area contributed by atoms with Crippen molar-refractivity contribution in [2.75, 3.05) is 33.1 Å². The summed E-state index contributed by atoms with van der Waals surface area (Å²) in [5.74, 6) is 0.803. The van der Waals surface area contributed by atoms with Crippen LogP contribution in [-0.2, 0) is 11.3 Å². The van der Waals surface area contributed by atoms with Crippen LogP contribution in [0.5, 0.6) is 5.75 Å². The van der Waals surface area contributed by atoms with Crippen LogP contribution in [0.2, 0.25) is 0 Å². The Morgan fingerprint density at radius 3 is 2.24 bits per heavy atom. The SMILES string of the molecule is COc1ccc([C@H](CN(C)C)NCc2ccc(NC(C)=O)cc2)cc1. The third-order valence-electron chi connectivity index (χ3n) is 3.89. The Balaban J connectivity index is 2.02. The first kappa shape index (κ1) is 19.0. The van der Waals surface area contributed by atoms with E-state index >= 15 is 0 Å². The molecule has 0 aliphatic rings. The molecule has 0 radical (unpaired) electrons. The molecule has 0 aliphatic heterocycles. The number of nitrogens with zero attached hydrogens (tertiary/aromatic N) is 1. The van der Waals surface area contributed by atoms with Crippen molar-refractivity contribution in [2.45, 2.75) is 19.5 Å². The van der Waals surface area contributed by atoms with Crippen molar-refractivity contribution in [3.05, 3.63) is 59.7 Å². The summed E-state index contributed by atoms with van der Waals surface area (Å²) in [6.07, 6.45) is 0. The van der Waals surface area contributed by atoms with Gasteiger partial charge in [0.15, 0.2) is 0 Å². The van der Waals surface area contributed by atoms with Gasteiger partial charge in [0.25, 0.3) is 0 Å². The molecular weight excluding hydrogens is 314 g/mol.